The Morgan fingerprint density at radius 2 is 2.37 bits per heavy atom. The second-order valence-corrected chi connectivity index (χ2v) is 5.93. The van der Waals surface area contributed by atoms with Gasteiger partial charge in [-0.05, 0) is 24.8 Å². The molecule has 0 bridgehead atoms. The van der Waals surface area contributed by atoms with Crippen molar-refractivity contribution in [3.8, 4) is 0 Å². The molecule has 1 aliphatic heterocycles. The predicted molar refractivity (Wildman–Crippen MR) is 77.1 cm³/mol. The Bertz CT molecular complexity index is 402. The molecular weight excluding hydrogens is 260 g/mol. The van der Waals surface area contributed by atoms with Gasteiger partial charge in [-0.1, -0.05) is 19.4 Å². The minimum absolute atomic E-state index is 0.00537. The van der Waals surface area contributed by atoms with Gasteiger partial charge in [-0.25, -0.2) is 0 Å². The van der Waals surface area contributed by atoms with Crippen molar-refractivity contribution in [3.05, 3.63) is 22.4 Å². The van der Waals surface area contributed by atoms with Crippen LogP contribution in [-0.4, -0.2) is 36.6 Å². The summed E-state index contributed by atoms with van der Waals surface area (Å²) in [5.41, 5.74) is 0. The van der Waals surface area contributed by atoms with Gasteiger partial charge in [0.05, 0.1) is 18.7 Å². The minimum atomic E-state index is -0.122. The largest absolute Gasteiger partial charge is 0.383 e. The average molecular weight is 282 g/mol. The van der Waals surface area contributed by atoms with Gasteiger partial charge in [-0.15, -0.1) is 11.3 Å². The van der Waals surface area contributed by atoms with E-state index in [2.05, 4.69) is 18.3 Å². The molecule has 1 aromatic rings. The van der Waals surface area contributed by atoms with E-state index in [-0.39, 0.29) is 24.2 Å². The molecule has 4 nitrogen and oxygen atoms in total. The van der Waals surface area contributed by atoms with Gasteiger partial charge in [-0.3, -0.25) is 10.1 Å². The molecule has 19 heavy (non-hydrogen) atoms. The van der Waals surface area contributed by atoms with Crippen LogP contribution in [0.4, 0.5) is 0 Å². The number of carbonyl (C=O) groups excluding carboxylic acids is 1. The van der Waals surface area contributed by atoms with E-state index in [0.29, 0.717) is 6.61 Å². The summed E-state index contributed by atoms with van der Waals surface area (Å²) in [5.74, 6) is 0.175. The van der Waals surface area contributed by atoms with E-state index in [9.17, 15) is 4.79 Å². The van der Waals surface area contributed by atoms with Crippen LogP contribution in [0.15, 0.2) is 17.5 Å². The number of hydrogen-bond acceptors (Lipinski definition) is 4. The molecule has 0 saturated carbocycles. The van der Waals surface area contributed by atoms with Crippen molar-refractivity contribution in [1.82, 2.24) is 10.2 Å². The second-order valence-electron chi connectivity index (χ2n) is 4.95. The van der Waals surface area contributed by atoms with Crippen molar-refractivity contribution in [2.45, 2.75) is 44.9 Å². The Morgan fingerprint density at radius 1 is 1.58 bits per heavy atom. The number of carbonyl (C=O) groups is 1. The van der Waals surface area contributed by atoms with Crippen molar-refractivity contribution in [2.24, 2.45) is 0 Å². The predicted octanol–water partition coefficient (Wildman–Crippen LogP) is 2.38. The fraction of sp³-hybridized carbons (Fsp3) is 0.643. The second kappa shape index (κ2) is 6.50. The maximum Gasteiger partial charge on any atom is 0.241 e. The Morgan fingerprint density at radius 3 is 2.95 bits per heavy atom. The summed E-state index contributed by atoms with van der Waals surface area (Å²) in [6, 6.07) is 4.13. The number of rotatable bonds is 6. The first-order chi connectivity index (χ1) is 9.19. The smallest absolute Gasteiger partial charge is 0.241 e. The molecule has 0 aliphatic carbocycles. The zero-order valence-electron chi connectivity index (χ0n) is 11.8. The summed E-state index contributed by atoms with van der Waals surface area (Å²) in [6.45, 7) is 4.66. The Hall–Kier alpha value is -0.910. The standard InChI is InChI=1S/C14H22N2O2S/c1-4-6-11(9-18-3)16-13(12-7-5-8-19-12)15-10(2)14(16)17/h5,7-8,10-11,13,15H,4,6,9H2,1-3H3. The molecule has 3 atom stereocenters. The highest BCUT2D eigenvalue weighted by Gasteiger charge is 2.41. The number of ether oxygens (including phenoxy) is 1. The van der Waals surface area contributed by atoms with Gasteiger partial charge >= 0.3 is 0 Å². The Labute approximate surface area is 118 Å². The Kier molecular flexibility index (Phi) is 4.96. The van der Waals surface area contributed by atoms with Crippen LogP contribution in [-0.2, 0) is 9.53 Å². The summed E-state index contributed by atoms with van der Waals surface area (Å²) in [7, 11) is 1.69. The first-order valence-corrected chi connectivity index (χ1v) is 7.67. The maximum absolute atomic E-state index is 12.4. The van der Waals surface area contributed by atoms with E-state index in [1.54, 1.807) is 18.4 Å². The molecule has 0 aromatic carbocycles. The van der Waals surface area contributed by atoms with Gasteiger partial charge in [-0.2, -0.15) is 0 Å². The summed E-state index contributed by atoms with van der Waals surface area (Å²) in [6.07, 6.45) is 2.01. The molecule has 106 valence electrons. The van der Waals surface area contributed by atoms with E-state index in [1.165, 1.54) is 4.88 Å². The van der Waals surface area contributed by atoms with E-state index in [4.69, 9.17) is 4.74 Å². The molecule has 1 N–H and O–H groups in total. The molecule has 2 heterocycles. The van der Waals surface area contributed by atoms with Crippen LogP contribution in [0.1, 0.15) is 37.7 Å². The zero-order valence-corrected chi connectivity index (χ0v) is 12.6. The van der Waals surface area contributed by atoms with Gasteiger partial charge in [0.25, 0.3) is 0 Å². The van der Waals surface area contributed by atoms with Gasteiger partial charge in [0.15, 0.2) is 0 Å². The highest BCUT2D eigenvalue weighted by atomic mass is 32.1. The van der Waals surface area contributed by atoms with Gasteiger partial charge in [0, 0.05) is 12.0 Å². The summed E-state index contributed by atoms with van der Waals surface area (Å²) in [4.78, 5) is 15.6. The fourth-order valence-corrected chi connectivity index (χ4v) is 3.41. The number of thiophene rings is 1. The topological polar surface area (TPSA) is 41.6 Å². The zero-order chi connectivity index (χ0) is 13.8. The van der Waals surface area contributed by atoms with Crippen molar-refractivity contribution in [3.63, 3.8) is 0 Å². The first-order valence-electron chi connectivity index (χ1n) is 6.79. The van der Waals surface area contributed by atoms with Gasteiger partial charge in [0.2, 0.25) is 5.91 Å². The maximum atomic E-state index is 12.4. The quantitative estimate of drug-likeness (QED) is 0.871. The molecule has 1 saturated heterocycles. The molecule has 0 radical (unpaired) electrons. The molecule has 0 spiro atoms. The van der Waals surface area contributed by atoms with Crippen molar-refractivity contribution in [1.29, 1.82) is 0 Å². The Balaban J connectivity index is 2.24. The highest BCUT2D eigenvalue weighted by molar-refractivity contribution is 7.10. The highest BCUT2D eigenvalue weighted by Crippen LogP contribution is 2.31. The SMILES string of the molecule is CCCC(COC)N1C(=O)C(C)NC1c1cccs1. The monoisotopic (exact) mass is 282 g/mol. The van der Waals surface area contributed by atoms with Crippen molar-refractivity contribution >= 4 is 17.2 Å². The van der Waals surface area contributed by atoms with E-state index < -0.39 is 0 Å². The summed E-state index contributed by atoms with van der Waals surface area (Å²) in [5, 5.41) is 5.43. The molecule has 2 rings (SSSR count). The lowest BCUT2D eigenvalue weighted by atomic mass is 10.1. The number of nitrogens with one attached hydrogen (secondary N) is 1. The van der Waals surface area contributed by atoms with Gasteiger partial charge < -0.3 is 9.64 Å². The third-order valence-electron chi connectivity index (χ3n) is 3.50. The van der Waals surface area contributed by atoms with Crippen LogP contribution in [0, 0.1) is 0 Å². The first kappa shape index (κ1) is 14.5. The molecule has 1 fully saturated rings. The lowest BCUT2D eigenvalue weighted by molar-refractivity contribution is -0.133. The molecule has 1 aromatic heterocycles. The number of nitrogens with zero attached hydrogens (tertiary/aromatic N) is 1. The fourth-order valence-electron chi connectivity index (χ4n) is 2.62. The van der Waals surface area contributed by atoms with E-state index >= 15 is 0 Å². The van der Waals surface area contributed by atoms with Crippen LogP contribution < -0.4 is 5.32 Å². The number of hydrogen-bond donors (Lipinski definition) is 1. The van der Waals surface area contributed by atoms with E-state index in [1.807, 2.05) is 23.3 Å². The average Bonchev–Trinajstić information content (AvgIpc) is 2.99. The van der Waals surface area contributed by atoms with Crippen molar-refractivity contribution < 1.29 is 9.53 Å². The lowest BCUT2D eigenvalue weighted by Crippen LogP contribution is -2.42. The van der Waals surface area contributed by atoms with E-state index in [0.717, 1.165) is 12.8 Å². The summed E-state index contributed by atoms with van der Waals surface area (Å²) >= 11 is 1.68. The third kappa shape index (κ3) is 2.99. The van der Waals surface area contributed by atoms with Crippen LogP contribution in [0.5, 0.6) is 0 Å². The normalized spacial score (nSPS) is 25.0. The third-order valence-corrected chi connectivity index (χ3v) is 4.42. The minimum Gasteiger partial charge on any atom is -0.383 e. The molecule has 1 aliphatic rings. The van der Waals surface area contributed by atoms with Crippen LogP contribution in [0.25, 0.3) is 0 Å². The van der Waals surface area contributed by atoms with Crippen LogP contribution in [0.3, 0.4) is 0 Å². The van der Waals surface area contributed by atoms with Crippen molar-refractivity contribution in [2.75, 3.05) is 13.7 Å². The molecule has 3 unspecified atom stereocenters. The van der Waals surface area contributed by atoms with Gasteiger partial charge in [0.1, 0.15) is 6.17 Å². The van der Waals surface area contributed by atoms with Crippen LogP contribution >= 0.6 is 11.3 Å². The lowest BCUT2D eigenvalue weighted by Gasteiger charge is -2.31. The molecule has 5 heteroatoms. The molecular formula is C14H22N2O2S. The number of methoxy groups -OCH3 is 1. The number of amides is 1. The summed E-state index contributed by atoms with van der Waals surface area (Å²) < 4.78 is 5.30. The molecule has 1 amide bonds. The van der Waals surface area contributed by atoms with Crippen LogP contribution in [0.2, 0.25) is 0 Å².